The Labute approximate surface area is 142 Å². The van der Waals surface area contributed by atoms with Crippen LogP contribution in [0.25, 0.3) is 10.8 Å². The molecule has 3 amide bonds. The molecular weight excluding hydrogens is 302 g/mol. The molecule has 1 aliphatic rings. The van der Waals surface area contributed by atoms with E-state index in [0.29, 0.717) is 6.54 Å². The lowest BCUT2D eigenvalue weighted by Gasteiger charge is -2.22. The van der Waals surface area contributed by atoms with E-state index in [-0.39, 0.29) is 17.9 Å². The molecule has 2 N–H and O–H groups in total. The van der Waals surface area contributed by atoms with Gasteiger partial charge in [-0.1, -0.05) is 31.2 Å². The maximum absolute atomic E-state index is 12.5. The van der Waals surface area contributed by atoms with Crippen molar-refractivity contribution < 1.29 is 9.59 Å². The molecule has 3 rings (SSSR count). The van der Waals surface area contributed by atoms with Crippen molar-refractivity contribution in [3.63, 3.8) is 0 Å². The van der Waals surface area contributed by atoms with Crippen LogP contribution < -0.4 is 10.6 Å². The molecule has 1 atom stereocenters. The predicted molar refractivity (Wildman–Crippen MR) is 96.2 cm³/mol. The molecule has 0 saturated heterocycles. The Bertz CT molecular complexity index is 790. The lowest BCUT2D eigenvalue weighted by molar-refractivity contribution is -0.124. The highest BCUT2D eigenvalue weighted by atomic mass is 16.2. The first-order valence-corrected chi connectivity index (χ1v) is 8.28. The normalized spacial score (nSPS) is 13.6. The number of nitrogens with one attached hydrogen (secondary N) is 2. The number of hydrogen-bond donors (Lipinski definition) is 2. The Morgan fingerprint density at radius 2 is 1.88 bits per heavy atom. The number of anilines is 1. The van der Waals surface area contributed by atoms with Gasteiger partial charge >= 0.3 is 6.03 Å². The largest absolute Gasteiger partial charge is 0.359 e. The van der Waals surface area contributed by atoms with Gasteiger partial charge in [0, 0.05) is 26.0 Å². The van der Waals surface area contributed by atoms with Crippen molar-refractivity contribution in [3.8, 4) is 0 Å². The number of nitrogens with zero attached hydrogens (tertiary/aromatic N) is 1. The summed E-state index contributed by atoms with van der Waals surface area (Å²) < 4.78 is 0. The second-order valence-corrected chi connectivity index (χ2v) is 6.44. The van der Waals surface area contributed by atoms with Gasteiger partial charge in [0.25, 0.3) is 0 Å². The molecule has 2 aromatic rings. The van der Waals surface area contributed by atoms with E-state index in [9.17, 15) is 9.59 Å². The smallest absolute Gasteiger partial charge is 0.321 e. The van der Waals surface area contributed by atoms with E-state index >= 15 is 0 Å². The Balaban J connectivity index is 1.78. The zero-order chi connectivity index (χ0) is 17.3. The molecule has 5 heteroatoms. The summed E-state index contributed by atoms with van der Waals surface area (Å²) in [7, 11) is 3.31. The average molecular weight is 325 g/mol. The number of benzene rings is 2. The fourth-order valence-corrected chi connectivity index (χ4v) is 3.39. The zero-order valence-corrected chi connectivity index (χ0v) is 14.3. The van der Waals surface area contributed by atoms with Gasteiger partial charge in [0.2, 0.25) is 5.91 Å². The van der Waals surface area contributed by atoms with E-state index in [1.165, 1.54) is 16.5 Å². The van der Waals surface area contributed by atoms with Gasteiger partial charge in [-0.05, 0) is 35.4 Å². The van der Waals surface area contributed by atoms with Crippen LogP contribution in [0.4, 0.5) is 10.5 Å². The molecule has 0 unspecified atom stereocenters. The lowest BCUT2D eigenvalue weighted by Crippen LogP contribution is -2.39. The number of carbonyl (C=O) groups excluding carboxylic acids is 2. The summed E-state index contributed by atoms with van der Waals surface area (Å²) in [6.45, 7) is 2.17. The van der Waals surface area contributed by atoms with Crippen molar-refractivity contribution in [2.45, 2.75) is 19.8 Å². The fraction of sp³-hybridized carbons (Fsp3) is 0.368. The highest BCUT2D eigenvalue weighted by molar-refractivity contribution is 6.04. The third kappa shape index (κ3) is 2.94. The zero-order valence-electron chi connectivity index (χ0n) is 14.3. The van der Waals surface area contributed by atoms with Crippen LogP contribution in [-0.2, 0) is 17.6 Å². The first kappa shape index (κ1) is 16.3. The van der Waals surface area contributed by atoms with Crippen LogP contribution in [0.1, 0.15) is 18.1 Å². The molecule has 0 aromatic heterocycles. The summed E-state index contributed by atoms with van der Waals surface area (Å²) in [5.41, 5.74) is 3.52. The summed E-state index contributed by atoms with van der Waals surface area (Å²) in [6.07, 6.45) is 2.13. The van der Waals surface area contributed by atoms with Gasteiger partial charge < -0.3 is 15.5 Å². The fourth-order valence-electron chi connectivity index (χ4n) is 3.39. The van der Waals surface area contributed by atoms with Gasteiger partial charge in [0.15, 0.2) is 0 Å². The molecule has 0 bridgehead atoms. The third-order valence-corrected chi connectivity index (χ3v) is 4.71. The van der Waals surface area contributed by atoms with Crippen LogP contribution in [-0.4, -0.2) is 37.5 Å². The number of hydrogen-bond acceptors (Lipinski definition) is 2. The molecule has 0 aliphatic heterocycles. The van der Waals surface area contributed by atoms with E-state index < -0.39 is 0 Å². The van der Waals surface area contributed by atoms with Crippen molar-refractivity contribution in [1.82, 2.24) is 10.2 Å². The van der Waals surface area contributed by atoms with Crippen LogP contribution >= 0.6 is 0 Å². The van der Waals surface area contributed by atoms with Crippen molar-refractivity contribution in [3.05, 3.63) is 41.5 Å². The van der Waals surface area contributed by atoms with E-state index in [1.807, 2.05) is 19.1 Å². The number of urea groups is 1. The van der Waals surface area contributed by atoms with Crippen molar-refractivity contribution >= 4 is 28.4 Å². The lowest BCUT2D eigenvalue weighted by atomic mass is 10.0. The molecule has 5 nitrogen and oxygen atoms in total. The molecular formula is C19H23N3O2. The van der Waals surface area contributed by atoms with Gasteiger partial charge in [-0.3, -0.25) is 4.79 Å². The van der Waals surface area contributed by atoms with Gasteiger partial charge in [-0.2, -0.15) is 0 Å². The maximum atomic E-state index is 12.5. The van der Waals surface area contributed by atoms with Crippen molar-refractivity contribution in [2.75, 3.05) is 26.0 Å². The molecule has 2 aromatic carbocycles. The predicted octanol–water partition coefficient (Wildman–Crippen LogP) is 2.78. The standard InChI is InChI=1S/C19H23N3O2/c1-12(18(23)20-2)11-22(3)19(24)21-16-10-9-14-8-7-13-5-4-6-15(16)17(13)14/h4-6,9-10,12H,7-8,11H2,1-3H3,(H,20,23)(H,21,24)/t12-/m1/s1. The second-order valence-electron chi connectivity index (χ2n) is 6.44. The Morgan fingerprint density at radius 1 is 1.17 bits per heavy atom. The highest BCUT2D eigenvalue weighted by Gasteiger charge is 2.20. The summed E-state index contributed by atoms with van der Waals surface area (Å²) in [5, 5.41) is 7.95. The van der Waals surface area contributed by atoms with E-state index in [2.05, 4.69) is 28.8 Å². The molecule has 0 spiro atoms. The van der Waals surface area contributed by atoms with Crippen molar-refractivity contribution in [2.24, 2.45) is 5.92 Å². The van der Waals surface area contributed by atoms with Gasteiger partial charge in [-0.25, -0.2) is 4.79 Å². The van der Waals surface area contributed by atoms with Crippen LogP contribution in [0.5, 0.6) is 0 Å². The minimum atomic E-state index is -0.251. The molecule has 0 saturated carbocycles. The van der Waals surface area contributed by atoms with Crippen LogP contribution in [0.15, 0.2) is 30.3 Å². The summed E-state index contributed by atoms with van der Waals surface area (Å²) in [6, 6.07) is 10.1. The van der Waals surface area contributed by atoms with Crippen LogP contribution in [0, 0.1) is 5.92 Å². The van der Waals surface area contributed by atoms with E-state index in [0.717, 1.165) is 23.9 Å². The SMILES string of the molecule is CNC(=O)[C@H](C)CN(C)C(=O)Nc1ccc2c3c(cccc13)CC2. The quantitative estimate of drug-likeness (QED) is 0.908. The number of amides is 3. The Hall–Kier alpha value is -2.56. The van der Waals surface area contributed by atoms with Gasteiger partial charge in [0.05, 0.1) is 11.6 Å². The minimum absolute atomic E-state index is 0.0695. The van der Waals surface area contributed by atoms with Crippen molar-refractivity contribution in [1.29, 1.82) is 0 Å². The topological polar surface area (TPSA) is 61.4 Å². The molecule has 0 fully saturated rings. The molecule has 126 valence electrons. The average Bonchev–Trinajstić information content (AvgIpc) is 3.01. The minimum Gasteiger partial charge on any atom is -0.359 e. The monoisotopic (exact) mass is 325 g/mol. The molecule has 1 aliphatic carbocycles. The molecule has 0 heterocycles. The number of carbonyl (C=O) groups is 2. The summed E-state index contributed by atoms with van der Waals surface area (Å²) >= 11 is 0. The maximum Gasteiger partial charge on any atom is 0.321 e. The Kier molecular flexibility index (Phi) is 4.42. The van der Waals surface area contributed by atoms with Crippen LogP contribution in [0.3, 0.4) is 0 Å². The molecule has 0 radical (unpaired) electrons. The second kappa shape index (κ2) is 6.51. The number of aryl methyl sites for hydroxylation is 2. The first-order chi connectivity index (χ1) is 11.5. The highest BCUT2D eigenvalue weighted by Crippen LogP contribution is 2.35. The van der Waals surface area contributed by atoms with Gasteiger partial charge in [-0.15, -0.1) is 0 Å². The van der Waals surface area contributed by atoms with Gasteiger partial charge in [0.1, 0.15) is 0 Å². The van der Waals surface area contributed by atoms with E-state index in [1.54, 1.807) is 19.0 Å². The van der Waals surface area contributed by atoms with E-state index in [4.69, 9.17) is 0 Å². The summed E-state index contributed by atoms with van der Waals surface area (Å²) in [5.74, 6) is -0.321. The summed E-state index contributed by atoms with van der Waals surface area (Å²) in [4.78, 5) is 25.6. The Morgan fingerprint density at radius 3 is 2.58 bits per heavy atom. The molecule has 24 heavy (non-hydrogen) atoms. The van der Waals surface area contributed by atoms with Crippen LogP contribution in [0.2, 0.25) is 0 Å². The number of rotatable bonds is 4. The third-order valence-electron chi connectivity index (χ3n) is 4.71. The first-order valence-electron chi connectivity index (χ1n) is 8.28.